The van der Waals surface area contributed by atoms with Gasteiger partial charge in [-0.15, -0.1) is 0 Å². The molecular formula is C13H10O3. The Morgan fingerprint density at radius 1 is 1.06 bits per heavy atom. The van der Waals surface area contributed by atoms with Gasteiger partial charge < -0.3 is 4.42 Å². The maximum Gasteiger partial charge on any atom is 0.336 e. The van der Waals surface area contributed by atoms with Crippen LogP contribution in [0, 0.1) is 6.92 Å². The molecule has 1 aromatic carbocycles. The number of aldehydes is 1. The van der Waals surface area contributed by atoms with E-state index in [9.17, 15) is 9.59 Å². The van der Waals surface area contributed by atoms with E-state index >= 15 is 0 Å². The summed E-state index contributed by atoms with van der Waals surface area (Å²) in [5.41, 5.74) is 1.94. The third-order valence-corrected chi connectivity index (χ3v) is 2.27. The number of hydrogen-bond donors (Lipinski definition) is 0. The Kier molecular flexibility index (Phi) is 2.68. The highest BCUT2D eigenvalue weighted by atomic mass is 16.4. The van der Waals surface area contributed by atoms with Gasteiger partial charge in [0, 0.05) is 11.6 Å². The average molecular weight is 214 g/mol. The number of carbonyl (C=O) groups excluding carboxylic acids is 1. The second kappa shape index (κ2) is 4.14. The smallest absolute Gasteiger partial charge is 0.336 e. The number of benzene rings is 1. The Morgan fingerprint density at radius 2 is 1.75 bits per heavy atom. The van der Waals surface area contributed by atoms with Crippen molar-refractivity contribution in [2.45, 2.75) is 6.92 Å². The lowest BCUT2D eigenvalue weighted by atomic mass is 10.1. The molecule has 0 radical (unpaired) electrons. The lowest BCUT2D eigenvalue weighted by Gasteiger charge is -2.01. The van der Waals surface area contributed by atoms with E-state index in [1.807, 2.05) is 0 Å². The van der Waals surface area contributed by atoms with Crippen LogP contribution in [0.4, 0.5) is 0 Å². The summed E-state index contributed by atoms with van der Waals surface area (Å²) < 4.78 is 4.87. The molecule has 0 aliphatic carbocycles. The molecule has 1 heterocycles. The zero-order valence-electron chi connectivity index (χ0n) is 8.77. The Morgan fingerprint density at radius 3 is 2.31 bits per heavy atom. The molecular weight excluding hydrogens is 204 g/mol. The summed E-state index contributed by atoms with van der Waals surface area (Å²) in [6.07, 6.45) is 0.786. The fourth-order valence-electron chi connectivity index (χ4n) is 1.53. The fourth-order valence-corrected chi connectivity index (χ4v) is 1.53. The van der Waals surface area contributed by atoms with Gasteiger partial charge in [0.05, 0.1) is 0 Å². The summed E-state index contributed by atoms with van der Waals surface area (Å²) in [4.78, 5) is 21.7. The monoisotopic (exact) mass is 214 g/mol. The fraction of sp³-hybridized carbons (Fsp3) is 0.0769. The van der Waals surface area contributed by atoms with Gasteiger partial charge in [-0.05, 0) is 24.1 Å². The number of rotatable bonds is 2. The van der Waals surface area contributed by atoms with Crippen molar-refractivity contribution in [2.75, 3.05) is 0 Å². The highest BCUT2D eigenvalue weighted by Crippen LogP contribution is 2.18. The molecule has 0 saturated heterocycles. The largest absolute Gasteiger partial charge is 0.428 e. The average Bonchev–Trinajstić information content (AvgIpc) is 2.28. The van der Waals surface area contributed by atoms with Crippen LogP contribution in [0.3, 0.4) is 0 Å². The second-order valence-electron chi connectivity index (χ2n) is 3.52. The minimum absolute atomic E-state index is 0.366. The third-order valence-electron chi connectivity index (χ3n) is 2.27. The van der Waals surface area contributed by atoms with E-state index in [2.05, 4.69) is 0 Å². The van der Waals surface area contributed by atoms with Crippen LogP contribution in [0.15, 0.2) is 45.6 Å². The molecule has 0 aliphatic heterocycles. The van der Waals surface area contributed by atoms with Gasteiger partial charge in [0.25, 0.3) is 0 Å². The second-order valence-corrected chi connectivity index (χ2v) is 3.52. The lowest BCUT2D eigenvalue weighted by Crippen LogP contribution is -1.98. The number of carbonyl (C=O) groups is 1. The molecule has 0 atom stereocenters. The van der Waals surface area contributed by atoms with Crippen LogP contribution < -0.4 is 5.63 Å². The predicted molar refractivity (Wildman–Crippen MR) is 60.5 cm³/mol. The zero-order chi connectivity index (χ0) is 11.5. The van der Waals surface area contributed by atoms with Crippen LogP contribution in [0.2, 0.25) is 0 Å². The van der Waals surface area contributed by atoms with Gasteiger partial charge in [-0.2, -0.15) is 0 Å². The molecule has 0 spiro atoms. The lowest BCUT2D eigenvalue weighted by molar-refractivity contribution is 0.112. The summed E-state index contributed by atoms with van der Waals surface area (Å²) in [6.45, 7) is 1.73. The first-order valence-corrected chi connectivity index (χ1v) is 4.86. The number of aryl methyl sites for hydroxylation is 1. The van der Waals surface area contributed by atoms with E-state index in [1.165, 1.54) is 6.07 Å². The molecule has 80 valence electrons. The van der Waals surface area contributed by atoms with Gasteiger partial charge in [-0.3, -0.25) is 4.79 Å². The van der Waals surface area contributed by atoms with Crippen LogP contribution in [-0.2, 0) is 0 Å². The predicted octanol–water partition coefficient (Wildman–Crippen LogP) is 2.43. The van der Waals surface area contributed by atoms with Crippen molar-refractivity contribution in [2.24, 2.45) is 0 Å². The molecule has 0 unspecified atom stereocenters. The van der Waals surface area contributed by atoms with Gasteiger partial charge in [0.15, 0.2) is 0 Å². The van der Waals surface area contributed by atoms with Crippen LogP contribution >= 0.6 is 0 Å². The first kappa shape index (κ1) is 10.4. The van der Waals surface area contributed by atoms with Crippen LogP contribution in [0.25, 0.3) is 11.1 Å². The SMILES string of the molecule is Cc1cc(-c2ccc(C=O)cc2)cc(=O)o1. The maximum atomic E-state index is 11.2. The summed E-state index contributed by atoms with van der Waals surface area (Å²) in [6, 6.07) is 10.3. The topological polar surface area (TPSA) is 47.3 Å². The van der Waals surface area contributed by atoms with Crippen LogP contribution in [0.1, 0.15) is 16.1 Å². The van der Waals surface area contributed by atoms with Crippen molar-refractivity contribution in [3.8, 4) is 11.1 Å². The first-order chi connectivity index (χ1) is 7.69. The molecule has 0 fully saturated rings. The Bertz CT molecular complexity index is 564. The van der Waals surface area contributed by atoms with E-state index in [4.69, 9.17) is 4.42 Å². The van der Waals surface area contributed by atoms with Crippen molar-refractivity contribution in [1.82, 2.24) is 0 Å². The van der Waals surface area contributed by atoms with Gasteiger partial charge in [0.2, 0.25) is 0 Å². The Hall–Kier alpha value is -2.16. The summed E-state index contributed by atoms with van der Waals surface area (Å²) in [5, 5.41) is 0. The molecule has 0 bridgehead atoms. The quantitative estimate of drug-likeness (QED) is 0.721. The molecule has 3 heteroatoms. The summed E-state index contributed by atoms with van der Waals surface area (Å²) >= 11 is 0. The van der Waals surface area contributed by atoms with Crippen LogP contribution in [-0.4, -0.2) is 6.29 Å². The zero-order valence-corrected chi connectivity index (χ0v) is 8.77. The normalized spacial score (nSPS) is 10.1. The Balaban J connectivity index is 2.49. The van der Waals surface area contributed by atoms with Gasteiger partial charge in [-0.25, -0.2) is 4.79 Å². The molecule has 0 amide bonds. The minimum atomic E-state index is -0.366. The molecule has 1 aromatic heterocycles. The van der Waals surface area contributed by atoms with Crippen molar-refractivity contribution >= 4 is 6.29 Å². The molecule has 3 nitrogen and oxygen atoms in total. The molecule has 0 saturated carbocycles. The van der Waals surface area contributed by atoms with Crippen molar-refractivity contribution in [3.05, 3.63) is 58.1 Å². The molecule has 2 aromatic rings. The van der Waals surface area contributed by atoms with E-state index in [0.29, 0.717) is 11.3 Å². The third kappa shape index (κ3) is 2.08. The molecule has 2 rings (SSSR count). The summed E-state index contributed by atoms with van der Waals surface area (Å²) in [5.74, 6) is 0.571. The molecule has 0 aliphatic rings. The van der Waals surface area contributed by atoms with E-state index in [-0.39, 0.29) is 5.63 Å². The minimum Gasteiger partial charge on any atom is -0.428 e. The van der Waals surface area contributed by atoms with Crippen LogP contribution in [0.5, 0.6) is 0 Å². The van der Waals surface area contributed by atoms with E-state index in [1.54, 1.807) is 37.3 Å². The Labute approximate surface area is 92.3 Å². The maximum absolute atomic E-state index is 11.2. The van der Waals surface area contributed by atoms with Gasteiger partial charge >= 0.3 is 5.63 Å². The standard InChI is InChI=1S/C13H10O3/c1-9-6-12(7-13(15)16-9)11-4-2-10(8-14)3-5-11/h2-8H,1H3. The van der Waals surface area contributed by atoms with Gasteiger partial charge in [0.1, 0.15) is 12.0 Å². The van der Waals surface area contributed by atoms with Crippen molar-refractivity contribution < 1.29 is 9.21 Å². The van der Waals surface area contributed by atoms with Crippen molar-refractivity contribution in [3.63, 3.8) is 0 Å². The van der Waals surface area contributed by atoms with Gasteiger partial charge in [-0.1, -0.05) is 24.3 Å². The van der Waals surface area contributed by atoms with E-state index < -0.39 is 0 Å². The highest BCUT2D eigenvalue weighted by Gasteiger charge is 2.01. The highest BCUT2D eigenvalue weighted by molar-refractivity contribution is 5.76. The van der Waals surface area contributed by atoms with Crippen molar-refractivity contribution in [1.29, 1.82) is 0 Å². The molecule has 0 N–H and O–H groups in total. The van der Waals surface area contributed by atoms with E-state index in [0.717, 1.165) is 17.4 Å². The first-order valence-electron chi connectivity index (χ1n) is 4.86. The summed E-state index contributed by atoms with van der Waals surface area (Å²) in [7, 11) is 0. The molecule has 16 heavy (non-hydrogen) atoms. The number of hydrogen-bond acceptors (Lipinski definition) is 3.